The van der Waals surface area contributed by atoms with Gasteiger partial charge in [-0.2, -0.15) is 0 Å². The highest BCUT2D eigenvalue weighted by Crippen LogP contribution is 2.30. The van der Waals surface area contributed by atoms with Gasteiger partial charge in [0.15, 0.2) is 0 Å². The molecule has 1 atom stereocenters. The van der Waals surface area contributed by atoms with Gasteiger partial charge in [0, 0.05) is 30.9 Å². The highest BCUT2D eigenvalue weighted by molar-refractivity contribution is 5.85. The van der Waals surface area contributed by atoms with Crippen molar-refractivity contribution in [3.05, 3.63) is 22.8 Å². The number of nitrogens with one attached hydrogen (secondary N) is 1. The van der Waals surface area contributed by atoms with Crippen molar-refractivity contribution in [3.63, 3.8) is 0 Å². The second-order valence-electron chi connectivity index (χ2n) is 6.57. The minimum atomic E-state index is 0. The smallest absolute Gasteiger partial charge is 0.133 e. The van der Waals surface area contributed by atoms with Gasteiger partial charge in [0.25, 0.3) is 0 Å². The van der Waals surface area contributed by atoms with Crippen LogP contribution in [0.1, 0.15) is 55.4 Å². The summed E-state index contributed by atoms with van der Waals surface area (Å²) in [6.07, 6.45) is 8.15. The standard InChI is InChI=1S/C18H25N3O2.ClH/c1-2-22-11-16-20-17-13-7-3-4-8-14(13)19-15(18(17)21-16)10-12-6-5-9-23-12;/h12H,2-11H2,1H3,(H,20,21);1H/t12-;/m0./s1. The van der Waals surface area contributed by atoms with Crippen LogP contribution < -0.4 is 0 Å². The van der Waals surface area contributed by atoms with Crippen LogP contribution >= 0.6 is 12.4 Å². The Morgan fingerprint density at radius 2 is 2.08 bits per heavy atom. The van der Waals surface area contributed by atoms with E-state index in [4.69, 9.17) is 19.4 Å². The summed E-state index contributed by atoms with van der Waals surface area (Å²) in [5.74, 6) is 0.913. The number of aryl methyl sites for hydroxylation is 2. The molecule has 0 amide bonds. The molecule has 0 radical (unpaired) electrons. The lowest BCUT2D eigenvalue weighted by Gasteiger charge is -2.18. The molecule has 0 spiro atoms. The summed E-state index contributed by atoms with van der Waals surface area (Å²) in [6.45, 7) is 4.14. The molecule has 6 heteroatoms. The van der Waals surface area contributed by atoms with Crippen molar-refractivity contribution < 1.29 is 9.47 Å². The molecular weight excluding hydrogens is 326 g/mol. The number of nitrogens with zero attached hydrogens (tertiary/aromatic N) is 2. The Morgan fingerprint density at radius 1 is 1.21 bits per heavy atom. The summed E-state index contributed by atoms with van der Waals surface area (Å²) in [5, 5.41) is 0. The van der Waals surface area contributed by atoms with Gasteiger partial charge < -0.3 is 14.5 Å². The molecule has 24 heavy (non-hydrogen) atoms. The first-order valence-electron chi connectivity index (χ1n) is 8.93. The fourth-order valence-electron chi connectivity index (χ4n) is 3.77. The van der Waals surface area contributed by atoms with Crippen LogP contribution in [0.15, 0.2) is 0 Å². The van der Waals surface area contributed by atoms with E-state index < -0.39 is 0 Å². The maximum absolute atomic E-state index is 5.82. The van der Waals surface area contributed by atoms with Gasteiger partial charge in [0.2, 0.25) is 0 Å². The molecule has 0 unspecified atom stereocenters. The zero-order valence-electron chi connectivity index (χ0n) is 14.3. The average molecular weight is 352 g/mol. The van der Waals surface area contributed by atoms with E-state index in [2.05, 4.69) is 4.98 Å². The third kappa shape index (κ3) is 3.44. The summed E-state index contributed by atoms with van der Waals surface area (Å²) < 4.78 is 11.4. The number of ether oxygens (including phenoxy) is 2. The van der Waals surface area contributed by atoms with Crippen LogP contribution in [0.4, 0.5) is 0 Å². The van der Waals surface area contributed by atoms with Gasteiger partial charge in [-0.3, -0.25) is 4.98 Å². The van der Waals surface area contributed by atoms with E-state index in [0.29, 0.717) is 19.3 Å². The molecule has 132 valence electrons. The number of rotatable bonds is 5. The van der Waals surface area contributed by atoms with Crippen LogP contribution in [0.5, 0.6) is 0 Å². The lowest BCUT2D eigenvalue weighted by Crippen LogP contribution is -2.14. The van der Waals surface area contributed by atoms with Crippen LogP contribution in [-0.2, 0) is 35.3 Å². The van der Waals surface area contributed by atoms with E-state index in [1.165, 1.54) is 24.1 Å². The number of pyridine rings is 1. The van der Waals surface area contributed by atoms with E-state index in [0.717, 1.165) is 61.3 Å². The highest BCUT2D eigenvalue weighted by atomic mass is 35.5. The van der Waals surface area contributed by atoms with E-state index in [9.17, 15) is 0 Å². The Balaban J connectivity index is 0.00000169. The first-order chi connectivity index (χ1) is 11.3. The van der Waals surface area contributed by atoms with Gasteiger partial charge in [-0.25, -0.2) is 4.98 Å². The van der Waals surface area contributed by atoms with Crippen molar-refractivity contribution >= 4 is 23.4 Å². The van der Waals surface area contributed by atoms with Crippen LogP contribution in [0, 0.1) is 0 Å². The zero-order valence-corrected chi connectivity index (χ0v) is 15.1. The molecule has 1 fully saturated rings. The fraction of sp³-hybridized carbons (Fsp3) is 0.667. The third-order valence-corrected chi connectivity index (χ3v) is 4.92. The Bertz CT molecular complexity index is 695. The summed E-state index contributed by atoms with van der Waals surface area (Å²) in [7, 11) is 0. The molecular formula is C18H26ClN3O2. The zero-order chi connectivity index (χ0) is 15.6. The van der Waals surface area contributed by atoms with Crippen molar-refractivity contribution in [3.8, 4) is 0 Å². The van der Waals surface area contributed by atoms with E-state index in [1.54, 1.807) is 0 Å². The lowest BCUT2D eigenvalue weighted by atomic mass is 9.94. The number of fused-ring (bicyclic) bond motifs is 3. The minimum absolute atomic E-state index is 0. The van der Waals surface area contributed by atoms with Crippen LogP contribution in [0.3, 0.4) is 0 Å². The largest absolute Gasteiger partial charge is 0.378 e. The van der Waals surface area contributed by atoms with E-state index in [1.807, 2.05) is 6.92 Å². The predicted octanol–water partition coefficient (Wildman–Crippen LogP) is 3.52. The Labute approximate surface area is 149 Å². The Morgan fingerprint density at radius 3 is 2.88 bits per heavy atom. The second kappa shape index (κ2) is 7.81. The fourth-order valence-corrected chi connectivity index (χ4v) is 3.77. The first kappa shape index (κ1) is 17.6. The minimum Gasteiger partial charge on any atom is -0.378 e. The monoisotopic (exact) mass is 351 g/mol. The molecule has 3 heterocycles. The molecule has 2 aliphatic rings. The summed E-state index contributed by atoms with van der Waals surface area (Å²) >= 11 is 0. The molecule has 2 aromatic rings. The average Bonchev–Trinajstić information content (AvgIpc) is 3.22. The topological polar surface area (TPSA) is 60.0 Å². The maximum Gasteiger partial charge on any atom is 0.133 e. The Hall–Kier alpha value is -1.17. The first-order valence-corrected chi connectivity index (χ1v) is 8.93. The number of imidazole rings is 1. The number of H-pyrrole nitrogens is 1. The second-order valence-corrected chi connectivity index (χ2v) is 6.57. The molecule has 1 saturated heterocycles. The van der Waals surface area contributed by atoms with Crippen molar-refractivity contribution in [2.24, 2.45) is 0 Å². The van der Waals surface area contributed by atoms with Gasteiger partial charge in [0.1, 0.15) is 12.4 Å². The normalized spacial score (nSPS) is 20.1. The highest BCUT2D eigenvalue weighted by Gasteiger charge is 2.23. The van der Waals surface area contributed by atoms with Gasteiger partial charge in [-0.15, -0.1) is 12.4 Å². The van der Waals surface area contributed by atoms with Crippen molar-refractivity contribution in [2.75, 3.05) is 13.2 Å². The Kier molecular flexibility index (Phi) is 5.74. The van der Waals surface area contributed by atoms with Crippen LogP contribution in [0.2, 0.25) is 0 Å². The molecule has 0 aromatic carbocycles. The summed E-state index contributed by atoms with van der Waals surface area (Å²) in [4.78, 5) is 13.3. The van der Waals surface area contributed by atoms with Crippen molar-refractivity contribution in [1.82, 2.24) is 15.0 Å². The molecule has 0 saturated carbocycles. The third-order valence-electron chi connectivity index (χ3n) is 4.92. The molecule has 1 aliphatic carbocycles. The molecule has 5 nitrogen and oxygen atoms in total. The lowest BCUT2D eigenvalue weighted by molar-refractivity contribution is 0.111. The van der Waals surface area contributed by atoms with Crippen LogP contribution in [-0.4, -0.2) is 34.3 Å². The number of aromatic nitrogens is 3. The maximum atomic E-state index is 5.82. The van der Waals surface area contributed by atoms with Gasteiger partial charge >= 0.3 is 0 Å². The molecule has 4 rings (SSSR count). The van der Waals surface area contributed by atoms with Crippen LogP contribution in [0.25, 0.3) is 11.0 Å². The van der Waals surface area contributed by atoms with E-state index in [-0.39, 0.29) is 12.4 Å². The van der Waals surface area contributed by atoms with Crippen molar-refractivity contribution in [2.45, 2.75) is 64.6 Å². The van der Waals surface area contributed by atoms with Gasteiger partial charge in [-0.05, 0) is 45.4 Å². The number of hydrogen-bond acceptors (Lipinski definition) is 4. The summed E-state index contributed by atoms with van der Waals surface area (Å²) in [5.41, 5.74) is 5.96. The van der Waals surface area contributed by atoms with E-state index >= 15 is 0 Å². The van der Waals surface area contributed by atoms with Crippen molar-refractivity contribution in [1.29, 1.82) is 0 Å². The SMILES string of the molecule is CCOCc1nc2c3c(nc(C[C@@H]4CCCO4)c2[nH]1)CCCC3.Cl. The van der Waals surface area contributed by atoms with Gasteiger partial charge in [-0.1, -0.05) is 0 Å². The predicted molar refractivity (Wildman–Crippen MR) is 95.8 cm³/mol. The number of halogens is 1. The number of hydrogen-bond donors (Lipinski definition) is 1. The van der Waals surface area contributed by atoms with Gasteiger partial charge in [0.05, 0.1) is 22.8 Å². The summed E-state index contributed by atoms with van der Waals surface area (Å²) in [6, 6.07) is 0. The molecule has 1 N–H and O–H groups in total. The molecule has 2 aromatic heterocycles. The molecule has 0 bridgehead atoms. The molecule has 1 aliphatic heterocycles. The quantitative estimate of drug-likeness (QED) is 0.895. The number of aromatic amines is 1.